The fraction of sp³-hybridized carbons (Fsp3) is 0.391. The minimum Gasteiger partial charge on any atom is -0.493 e. The van der Waals surface area contributed by atoms with Crippen molar-refractivity contribution in [2.24, 2.45) is 0 Å². The van der Waals surface area contributed by atoms with Gasteiger partial charge >= 0.3 is 0 Å². The second-order valence-corrected chi connectivity index (χ2v) is 9.02. The van der Waals surface area contributed by atoms with Gasteiger partial charge < -0.3 is 24.5 Å². The third kappa shape index (κ3) is 3.93. The zero-order valence-electron chi connectivity index (χ0n) is 17.7. The van der Waals surface area contributed by atoms with Gasteiger partial charge in [-0.25, -0.2) is 9.97 Å². The molecule has 31 heavy (non-hydrogen) atoms. The molecule has 0 bridgehead atoms. The number of hydrogen-bond donors (Lipinski definition) is 2. The highest BCUT2D eigenvalue weighted by molar-refractivity contribution is 7.22. The topological polar surface area (TPSA) is 81.4 Å². The van der Waals surface area contributed by atoms with Crippen LogP contribution in [0.2, 0.25) is 0 Å². The Morgan fingerprint density at radius 2 is 1.90 bits per heavy atom. The standard InChI is InChI=1S/C23H26N4O3S/c1-29-20-10-17-18(11-21(20)30-2)27(13-24-17)12-14-7-8-16-22(9-14)31-23(26-16)25-15-5-3-4-6-19(15)28/h7-11,13,15,19,28H,3-6,12H2,1-2H3,(H,25,26)/t15-,19?/m1/s1. The zero-order valence-corrected chi connectivity index (χ0v) is 18.5. The highest BCUT2D eigenvalue weighted by atomic mass is 32.1. The lowest BCUT2D eigenvalue weighted by Crippen LogP contribution is -2.36. The lowest BCUT2D eigenvalue weighted by Gasteiger charge is -2.27. The van der Waals surface area contributed by atoms with Crippen molar-refractivity contribution in [1.82, 2.24) is 14.5 Å². The first-order valence-electron chi connectivity index (χ1n) is 10.6. The van der Waals surface area contributed by atoms with Gasteiger partial charge in [0.25, 0.3) is 0 Å². The van der Waals surface area contributed by atoms with Gasteiger partial charge in [0.05, 0.1) is 53.9 Å². The highest BCUT2D eigenvalue weighted by Gasteiger charge is 2.23. The van der Waals surface area contributed by atoms with E-state index >= 15 is 0 Å². The van der Waals surface area contributed by atoms with Gasteiger partial charge in [0, 0.05) is 18.7 Å². The Morgan fingerprint density at radius 3 is 2.71 bits per heavy atom. The van der Waals surface area contributed by atoms with Crippen LogP contribution in [0.15, 0.2) is 36.7 Å². The van der Waals surface area contributed by atoms with Crippen molar-refractivity contribution in [3.63, 3.8) is 0 Å². The number of methoxy groups -OCH3 is 2. The molecule has 2 aromatic heterocycles. The van der Waals surface area contributed by atoms with E-state index in [9.17, 15) is 5.11 Å². The van der Waals surface area contributed by atoms with Crippen LogP contribution in [0.4, 0.5) is 5.13 Å². The third-order valence-corrected chi connectivity index (χ3v) is 6.92. The van der Waals surface area contributed by atoms with E-state index in [1.807, 2.05) is 18.5 Å². The number of fused-ring (bicyclic) bond motifs is 2. The van der Waals surface area contributed by atoms with Crippen LogP contribution in [0.1, 0.15) is 31.2 Å². The van der Waals surface area contributed by atoms with Gasteiger partial charge in [0.1, 0.15) is 0 Å². The summed E-state index contributed by atoms with van der Waals surface area (Å²) in [5.41, 5.74) is 4.02. The number of aliphatic hydroxyl groups is 1. The van der Waals surface area contributed by atoms with Crippen molar-refractivity contribution in [3.8, 4) is 11.5 Å². The molecule has 2 heterocycles. The Bertz CT molecular complexity index is 1220. The van der Waals surface area contributed by atoms with Crippen LogP contribution in [0.5, 0.6) is 11.5 Å². The lowest BCUT2D eigenvalue weighted by molar-refractivity contribution is 0.116. The summed E-state index contributed by atoms with van der Waals surface area (Å²) in [6.07, 6.45) is 5.66. The summed E-state index contributed by atoms with van der Waals surface area (Å²) in [6, 6.07) is 10.3. The minimum absolute atomic E-state index is 0.0954. The molecule has 2 atom stereocenters. The van der Waals surface area contributed by atoms with Crippen LogP contribution in [0.3, 0.4) is 0 Å². The maximum atomic E-state index is 10.2. The Hall–Kier alpha value is -2.84. The Balaban J connectivity index is 1.39. The number of aromatic nitrogens is 3. The number of rotatable bonds is 6. The average molecular weight is 439 g/mol. The first-order chi connectivity index (χ1) is 15.1. The van der Waals surface area contributed by atoms with Gasteiger partial charge in [-0.15, -0.1) is 0 Å². The molecular weight excluding hydrogens is 412 g/mol. The maximum Gasteiger partial charge on any atom is 0.184 e. The predicted octanol–water partition coefficient (Wildman–Crippen LogP) is 4.43. The van der Waals surface area contributed by atoms with Crippen molar-refractivity contribution in [2.45, 2.75) is 44.4 Å². The summed E-state index contributed by atoms with van der Waals surface area (Å²) < 4.78 is 14.1. The van der Waals surface area contributed by atoms with Crippen molar-refractivity contribution in [3.05, 3.63) is 42.2 Å². The monoisotopic (exact) mass is 438 g/mol. The van der Waals surface area contributed by atoms with E-state index in [0.717, 1.165) is 52.1 Å². The Morgan fingerprint density at radius 1 is 1.10 bits per heavy atom. The quantitative estimate of drug-likeness (QED) is 0.464. The molecule has 2 N–H and O–H groups in total. The molecule has 0 spiro atoms. The summed E-state index contributed by atoms with van der Waals surface area (Å²) in [6.45, 7) is 0.698. The van der Waals surface area contributed by atoms with Crippen molar-refractivity contribution in [1.29, 1.82) is 0 Å². The second-order valence-electron chi connectivity index (χ2n) is 7.99. The highest BCUT2D eigenvalue weighted by Crippen LogP contribution is 2.33. The average Bonchev–Trinajstić information content (AvgIpc) is 3.37. The molecule has 8 heteroatoms. The third-order valence-electron chi connectivity index (χ3n) is 5.97. The molecule has 2 aromatic carbocycles. The molecule has 0 radical (unpaired) electrons. The number of aliphatic hydroxyl groups excluding tert-OH is 1. The van der Waals surface area contributed by atoms with Crippen LogP contribution in [-0.2, 0) is 6.54 Å². The van der Waals surface area contributed by atoms with E-state index in [2.05, 4.69) is 33.1 Å². The lowest BCUT2D eigenvalue weighted by atomic mass is 9.93. The number of ether oxygens (including phenoxy) is 2. The molecule has 1 saturated carbocycles. The van der Waals surface area contributed by atoms with Gasteiger partial charge in [0.2, 0.25) is 0 Å². The molecule has 0 aliphatic heterocycles. The molecule has 0 amide bonds. The van der Waals surface area contributed by atoms with Crippen molar-refractivity contribution < 1.29 is 14.6 Å². The molecule has 1 aliphatic carbocycles. The molecule has 5 rings (SSSR count). The maximum absolute atomic E-state index is 10.2. The summed E-state index contributed by atoms with van der Waals surface area (Å²) in [4.78, 5) is 9.24. The summed E-state index contributed by atoms with van der Waals surface area (Å²) in [7, 11) is 3.27. The molecule has 1 aliphatic rings. The number of benzene rings is 2. The number of imidazole rings is 1. The molecule has 162 valence electrons. The van der Waals surface area contributed by atoms with E-state index in [0.29, 0.717) is 18.0 Å². The molecule has 4 aromatic rings. The van der Waals surface area contributed by atoms with Gasteiger partial charge in [-0.05, 0) is 30.5 Å². The number of nitrogens with zero attached hydrogens (tertiary/aromatic N) is 3. The number of hydrogen-bond acceptors (Lipinski definition) is 7. The number of nitrogens with one attached hydrogen (secondary N) is 1. The van der Waals surface area contributed by atoms with Gasteiger partial charge in [0.15, 0.2) is 16.6 Å². The van der Waals surface area contributed by atoms with E-state index in [1.54, 1.807) is 25.6 Å². The van der Waals surface area contributed by atoms with Crippen LogP contribution in [0.25, 0.3) is 21.3 Å². The predicted molar refractivity (Wildman–Crippen MR) is 123 cm³/mol. The molecule has 0 saturated heterocycles. The molecule has 1 fully saturated rings. The van der Waals surface area contributed by atoms with Gasteiger partial charge in [-0.2, -0.15) is 0 Å². The van der Waals surface area contributed by atoms with E-state index in [1.165, 1.54) is 5.56 Å². The summed E-state index contributed by atoms with van der Waals surface area (Å²) in [5.74, 6) is 1.37. The first kappa shape index (κ1) is 20.1. The van der Waals surface area contributed by atoms with E-state index in [4.69, 9.17) is 14.5 Å². The molecule has 1 unspecified atom stereocenters. The molecule has 7 nitrogen and oxygen atoms in total. The van der Waals surface area contributed by atoms with Crippen molar-refractivity contribution in [2.75, 3.05) is 19.5 Å². The van der Waals surface area contributed by atoms with Crippen molar-refractivity contribution >= 4 is 37.7 Å². The minimum atomic E-state index is -0.290. The number of thiazole rings is 1. The zero-order chi connectivity index (χ0) is 21.4. The fourth-order valence-corrected chi connectivity index (χ4v) is 5.27. The molecular formula is C23H26N4O3S. The smallest absolute Gasteiger partial charge is 0.184 e. The van der Waals surface area contributed by atoms with E-state index < -0.39 is 0 Å². The largest absolute Gasteiger partial charge is 0.493 e. The van der Waals surface area contributed by atoms with Crippen LogP contribution >= 0.6 is 11.3 Å². The number of anilines is 1. The Labute approximate surface area is 184 Å². The fourth-order valence-electron chi connectivity index (χ4n) is 4.28. The van der Waals surface area contributed by atoms with E-state index in [-0.39, 0.29) is 12.1 Å². The van der Waals surface area contributed by atoms with Gasteiger partial charge in [-0.3, -0.25) is 0 Å². The van der Waals surface area contributed by atoms with Gasteiger partial charge in [-0.1, -0.05) is 30.2 Å². The normalized spacial score (nSPS) is 19.1. The summed E-state index contributed by atoms with van der Waals surface area (Å²) >= 11 is 1.64. The van der Waals surface area contributed by atoms with Crippen LogP contribution in [-0.4, -0.2) is 46.0 Å². The Kier molecular flexibility index (Phi) is 5.41. The first-order valence-corrected chi connectivity index (χ1v) is 11.4. The summed E-state index contributed by atoms with van der Waals surface area (Å²) in [5, 5.41) is 14.6. The van der Waals surface area contributed by atoms with Crippen LogP contribution in [0, 0.1) is 0 Å². The SMILES string of the molecule is COc1cc2ncn(Cc3ccc4nc(N[C@@H]5CCCCC5O)sc4c3)c2cc1OC. The second kappa shape index (κ2) is 8.36. The van der Waals surface area contributed by atoms with Crippen LogP contribution < -0.4 is 14.8 Å².